The summed E-state index contributed by atoms with van der Waals surface area (Å²) >= 11 is 0. The Morgan fingerprint density at radius 1 is 0.333 bits per heavy atom. The Morgan fingerprint density at radius 3 is 1.76 bits per heavy atom. The summed E-state index contributed by atoms with van der Waals surface area (Å²) in [7, 11) is 0. The molecule has 9 aromatic carbocycles. The molecule has 0 unspecified atom stereocenters. The van der Waals surface area contributed by atoms with Gasteiger partial charge in [0.15, 0.2) is 17.5 Å². The van der Waals surface area contributed by atoms with Gasteiger partial charge in [-0.05, 0) is 62.8 Å². The molecule has 0 saturated heterocycles. The van der Waals surface area contributed by atoms with E-state index in [0.717, 1.165) is 82.8 Å². The van der Waals surface area contributed by atoms with Crippen LogP contribution in [0.5, 0.6) is 11.5 Å². The van der Waals surface area contributed by atoms with E-state index in [-0.39, 0.29) is 0 Å². The van der Waals surface area contributed by atoms with Crippen molar-refractivity contribution in [1.29, 1.82) is 0 Å². The minimum atomic E-state index is 0.591. The van der Waals surface area contributed by atoms with E-state index in [2.05, 4.69) is 103 Å². The van der Waals surface area contributed by atoms with Crippen molar-refractivity contribution in [2.45, 2.75) is 0 Å². The first-order valence-corrected chi connectivity index (χ1v) is 18.1. The zero-order chi connectivity index (χ0) is 35.3. The van der Waals surface area contributed by atoms with Gasteiger partial charge in [-0.3, -0.25) is 0 Å². The second-order valence-electron chi connectivity index (χ2n) is 13.9. The summed E-state index contributed by atoms with van der Waals surface area (Å²) in [5.41, 5.74) is 6.49. The van der Waals surface area contributed by atoms with Gasteiger partial charge in [0.05, 0.1) is 0 Å². The normalized spacial score (nSPS) is 12.2. The van der Waals surface area contributed by atoms with Crippen LogP contribution in [-0.2, 0) is 0 Å². The number of nitrogens with zero attached hydrogens (tertiary/aromatic N) is 3. The third kappa shape index (κ3) is 4.18. The van der Waals surface area contributed by atoms with Crippen LogP contribution >= 0.6 is 0 Å². The molecule has 250 valence electrons. The first kappa shape index (κ1) is 29.2. The Morgan fingerprint density at radius 2 is 0.926 bits per heavy atom. The molecule has 0 radical (unpaired) electrons. The lowest BCUT2D eigenvalue weighted by atomic mass is 9.89. The van der Waals surface area contributed by atoms with E-state index in [0.29, 0.717) is 17.5 Å². The fraction of sp³-hybridized carbons (Fsp3) is 0. The number of hydrogen-bond donors (Lipinski definition) is 0. The summed E-state index contributed by atoms with van der Waals surface area (Å²) in [5, 5.41) is 11.3. The van der Waals surface area contributed by atoms with Gasteiger partial charge in [0.1, 0.15) is 22.7 Å². The first-order valence-electron chi connectivity index (χ1n) is 18.1. The zero-order valence-electron chi connectivity index (χ0n) is 28.7. The van der Waals surface area contributed by atoms with E-state index >= 15 is 0 Å². The number of furan rings is 1. The highest BCUT2D eigenvalue weighted by molar-refractivity contribution is 6.26. The average Bonchev–Trinajstić information content (AvgIpc) is 3.62. The highest BCUT2D eigenvalue weighted by atomic mass is 16.5. The van der Waals surface area contributed by atoms with Gasteiger partial charge >= 0.3 is 0 Å². The molecule has 12 rings (SSSR count). The summed E-state index contributed by atoms with van der Waals surface area (Å²) in [6.07, 6.45) is 0. The first-order chi connectivity index (χ1) is 26.8. The molecule has 3 heterocycles. The molecule has 0 atom stereocenters. The maximum Gasteiger partial charge on any atom is 0.164 e. The molecule has 0 amide bonds. The lowest BCUT2D eigenvalue weighted by molar-refractivity contribution is 0.495. The molecule has 1 aliphatic rings. The quantitative estimate of drug-likeness (QED) is 0.172. The second kappa shape index (κ2) is 11.1. The van der Waals surface area contributed by atoms with Gasteiger partial charge in [0, 0.05) is 49.2 Å². The predicted octanol–water partition coefficient (Wildman–Crippen LogP) is 13.2. The molecule has 54 heavy (non-hydrogen) atoms. The summed E-state index contributed by atoms with van der Waals surface area (Å²) in [4.78, 5) is 15.5. The number of fused-ring (bicyclic) bond motifs is 4. The maximum absolute atomic E-state index is 6.88. The molecule has 0 N–H and O–H groups in total. The highest BCUT2D eigenvalue weighted by Gasteiger charge is 2.24. The SMILES string of the molecule is c1ccc(-c2nc(-c3ccc(-c4ccc5ccc6ccc7cccc8c7c6c5c4O8)c4ccccc34)nc(-c3cccc4oc5ccccc5c34)n2)cc1. The van der Waals surface area contributed by atoms with Crippen LogP contribution < -0.4 is 4.74 Å². The van der Waals surface area contributed by atoms with Crippen molar-refractivity contribution in [3.8, 4) is 56.8 Å². The molecule has 1 aliphatic heterocycles. The van der Waals surface area contributed by atoms with Crippen molar-refractivity contribution < 1.29 is 9.15 Å². The predicted molar refractivity (Wildman–Crippen MR) is 219 cm³/mol. The fourth-order valence-electron chi connectivity index (χ4n) is 8.48. The Bertz CT molecular complexity index is 3360. The van der Waals surface area contributed by atoms with Gasteiger partial charge in [-0.25, -0.2) is 15.0 Å². The van der Waals surface area contributed by atoms with Crippen molar-refractivity contribution >= 4 is 65.0 Å². The van der Waals surface area contributed by atoms with Crippen LogP contribution in [0, 0.1) is 0 Å². The van der Waals surface area contributed by atoms with Crippen LogP contribution in [0.15, 0.2) is 168 Å². The monoisotopic (exact) mass is 689 g/mol. The number of ether oxygens (including phenoxy) is 1. The number of aromatic nitrogens is 3. The Balaban J connectivity index is 1.10. The fourth-order valence-corrected chi connectivity index (χ4v) is 8.48. The van der Waals surface area contributed by atoms with E-state index in [9.17, 15) is 0 Å². The van der Waals surface area contributed by atoms with Crippen LogP contribution in [-0.4, -0.2) is 15.0 Å². The standard InChI is InChI=1S/C49H27N3O2/c1-2-10-31(11-3-1)47-50-48(52-49(51-47)38-16-9-19-41-45(38)37-15-6-7-17-39(37)53-41)36-27-26-34(32-13-4-5-14-33(32)36)35-25-24-30-23-22-29-21-20-28-12-8-18-40-42(28)43(29)44(30)46(35)54-40/h1-27H. The van der Waals surface area contributed by atoms with E-state index in [4.69, 9.17) is 24.1 Å². The van der Waals surface area contributed by atoms with Gasteiger partial charge in [-0.2, -0.15) is 0 Å². The lowest BCUT2D eigenvalue weighted by Crippen LogP contribution is -2.01. The average molecular weight is 690 g/mol. The summed E-state index contributed by atoms with van der Waals surface area (Å²) in [6, 6.07) is 56.7. The number of benzene rings is 9. The minimum Gasteiger partial charge on any atom is -0.456 e. The molecule has 0 bridgehead atoms. The Labute approximate surface area is 308 Å². The maximum atomic E-state index is 6.88. The van der Waals surface area contributed by atoms with Crippen molar-refractivity contribution in [3.05, 3.63) is 164 Å². The molecule has 0 aliphatic carbocycles. The molecule has 5 nitrogen and oxygen atoms in total. The molecular weight excluding hydrogens is 663 g/mol. The van der Waals surface area contributed by atoms with Gasteiger partial charge in [0.2, 0.25) is 0 Å². The van der Waals surface area contributed by atoms with Crippen molar-refractivity contribution in [2.75, 3.05) is 0 Å². The van der Waals surface area contributed by atoms with Gasteiger partial charge < -0.3 is 9.15 Å². The molecule has 0 fully saturated rings. The molecular formula is C49H27N3O2. The van der Waals surface area contributed by atoms with Crippen LogP contribution in [0.2, 0.25) is 0 Å². The van der Waals surface area contributed by atoms with E-state index in [1.165, 1.54) is 21.5 Å². The van der Waals surface area contributed by atoms with Gasteiger partial charge in [-0.15, -0.1) is 0 Å². The Kier molecular flexibility index (Phi) is 5.99. The molecule has 0 saturated carbocycles. The highest BCUT2D eigenvalue weighted by Crippen LogP contribution is 2.51. The molecule has 2 aromatic heterocycles. The number of rotatable bonds is 4. The largest absolute Gasteiger partial charge is 0.456 e. The van der Waals surface area contributed by atoms with Crippen molar-refractivity contribution in [2.24, 2.45) is 0 Å². The topological polar surface area (TPSA) is 61.0 Å². The summed E-state index contributed by atoms with van der Waals surface area (Å²) < 4.78 is 13.1. The summed E-state index contributed by atoms with van der Waals surface area (Å²) in [6.45, 7) is 0. The third-order valence-corrected chi connectivity index (χ3v) is 10.9. The van der Waals surface area contributed by atoms with E-state index in [1.54, 1.807) is 0 Å². The van der Waals surface area contributed by atoms with Gasteiger partial charge in [0.25, 0.3) is 0 Å². The van der Waals surface area contributed by atoms with Gasteiger partial charge in [-0.1, -0.05) is 133 Å². The zero-order valence-corrected chi connectivity index (χ0v) is 28.7. The third-order valence-electron chi connectivity index (χ3n) is 10.9. The number of para-hydroxylation sites is 1. The van der Waals surface area contributed by atoms with Crippen LogP contribution in [0.3, 0.4) is 0 Å². The van der Waals surface area contributed by atoms with Crippen LogP contribution in [0.25, 0.3) is 110 Å². The molecule has 0 spiro atoms. The second-order valence-corrected chi connectivity index (χ2v) is 13.9. The smallest absolute Gasteiger partial charge is 0.164 e. The summed E-state index contributed by atoms with van der Waals surface area (Å²) in [5.74, 6) is 3.57. The number of hydrogen-bond acceptors (Lipinski definition) is 5. The van der Waals surface area contributed by atoms with Crippen LogP contribution in [0.1, 0.15) is 0 Å². The van der Waals surface area contributed by atoms with E-state index < -0.39 is 0 Å². The van der Waals surface area contributed by atoms with Crippen molar-refractivity contribution in [3.63, 3.8) is 0 Å². The molecule has 5 heteroatoms. The van der Waals surface area contributed by atoms with Crippen molar-refractivity contribution in [1.82, 2.24) is 15.0 Å². The minimum absolute atomic E-state index is 0.591. The lowest BCUT2D eigenvalue weighted by Gasteiger charge is -2.23. The van der Waals surface area contributed by atoms with E-state index in [1.807, 2.05) is 60.7 Å². The van der Waals surface area contributed by atoms with Crippen LogP contribution in [0.4, 0.5) is 0 Å². The Hall–Kier alpha value is -7.37. The molecule has 11 aromatic rings.